The fourth-order valence-corrected chi connectivity index (χ4v) is 2.48. The average Bonchev–Trinajstić information content (AvgIpc) is 2.52. The molecule has 0 radical (unpaired) electrons. The van der Waals surface area contributed by atoms with E-state index in [2.05, 4.69) is 17.4 Å². The molecule has 0 saturated carbocycles. The lowest BCUT2D eigenvalue weighted by atomic mass is 10.1. The molecule has 0 unspecified atom stereocenters. The highest BCUT2D eigenvalue weighted by Gasteiger charge is 2.11. The van der Waals surface area contributed by atoms with E-state index in [0.29, 0.717) is 22.2 Å². The molecular weight excluding hydrogens is 319 g/mol. The molecule has 0 atom stereocenters. The largest absolute Gasteiger partial charge is 0.362 e. The molecule has 22 heavy (non-hydrogen) atoms. The average molecular weight is 337 g/mol. The van der Waals surface area contributed by atoms with Crippen molar-refractivity contribution in [2.24, 2.45) is 0 Å². The predicted molar refractivity (Wildman–Crippen MR) is 93.6 cm³/mol. The van der Waals surface area contributed by atoms with E-state index in [1.54, 1.807) is 17.0 Å². The van der Waals surface area contributed by atoms with Crippen LogP contribution in [0.25, 0.3) is 0 Å². The van der Waals surface area contributed by atoms with E-state index in [-0.39, 0.29) is 5.82 Å². The van der Waals surface area contributed by atoms with Crippen molar-refractivity contribution in [3.8, 4) is 0 Å². The normalized spacial score (nSPS) is 10.3. The first-order valence-electron chi connectivity index (χ1n) is 7.03. The van der Waals surface area contributed by atoms with Crippen LogP contribution in [-0.2, 0) is 13.0 Å². The third-order valence-electron chi connectivity index (χ3n) is 3.34. The van der Waals surface area contributed by atoms with E-state index < -0.39 is 0 Å². The second-order valence-corrected chi connectivity index (χ2v) is 5.82. The summed E-state index contributed by atoms with van der Waals surface area (Å²) in [6.07, 6.45) is 0.884. The van der Waals surface area contributed by atoms with E-state index >= 15 is 0 Å². The minimum absolute atomic E-state index is 0.313. The molecule has 0 aliphatic carbocycles. The molecule has 0 bridgehead atoms. The number of nitrogens with zero attached hydrogens (tertiary/aromatic N) is 1. The molecule has 2 aromatic rings. The summed E-state index contributed by atoms with van der Waals surface area (Å²) in [4.78, 5) is 1.78. The number of hydrogen-bond donors (Lipinski definition) is 1. The van der Waals surface area contributed by atoms with Crippen molar-refractivity contribution < 1.29 is 4.39 Å². The quantitative estimate of drug-likeness (QED) is 0.830. The summed E-state index contributed by atoms with van der Waals surface area (Å²) >= 11 is 11.4. The van der Waals surface area contributed by atoms with Crippen LogP contribution < -0.4 is 5.32 Å². The lowest BCUT2D eigenvalue weighted by Gasteiger charge is -2.22. The monoisotopic (exact) mass is 336 g/mol. The standard InChI is InChI=1S/C17H18ClFN2S/c1-21(12-14-15(18)8-5-9-16(14)19)17(22)20-11-10-13-6-3-2-4-7-13/h2-9H,10-12H2,1H3,(H,20,22). The Morgan fingerprint density at radius 1 is 1.18 bits per heavy atom. The van der Waals surface area contributed by atoms with Gasteiger partial charge in [0.2, 0.25) is 0 Å². The highest BCUT2D eigenvalue weighted by Crippen LogP contribution is 2.20. The van der Waals surface area contributed by atoms with Crippen LogP contribution in [0.5, 0.6) is 0 Å². The molecule has 1 N–H and O–H groups in total. The van der Waals surface area contributed by atoms with Gasteiger partial charge in [0, 0.05) is 30.7 Å². The zero-order chi connectivity index (χ0) is 15.9. The van der Waals surface area contributed by atoms with Gasteiger partial charge < -0.3 is 10.2 Å². The van der Waals surface area contributed by atoms with Gasteiger partial charge in [-0.3, -0.25) is 0 Å². The molecular formula is C17H18ClFN2S. The van der Waals surface area contributed by atoms with Gasteiger partial charge in [-0.05, 0) is 36.3 Å². The van der Waals surface area contributed by atoms with Gasteiger partial charge in [-0.2, -0.15) is 0 Å². The Kier molecular flexibility index (Phi) is 6.16. The van der Waals surface area contributed by atoms with Gasteiger partial charge in [0.1, 0.15) is 5.82 Å². The summed E-state index contributed by atoms with van der Waals surface area (Å²) < 4.78 is 13.8. The number of benzene rings is 2. The topological polar surface area (TPSA) is 15.3 Å². The Labute approximate surface area is 140 Å². The number of nitrogens with one attached hydrogen (secondary N) is 1. The second kappa shape index (κ2) is 8.11. The number of rotatable bonds is 5. The number of thiocarbonyl (C=S) groups is 1. The van der Waals surface area contributed by atoms with Crippen LogP contribution in [0.1, 0.15) is 11.1 Å². The Morgan fingerprint density at radius 3 is 2.59 bits per heavy atom. The van der Waals surface area contributed by atoms with E-state index in [0.717, 1.165) is 13.0 Å². The van der Waals surface area contributed by atoms with Crippen LogP contribution in [0.3, 0.4) is 0 Å². The van der Waals surface area contributed by atoms with Gasteiger partial charge in [-0.15, -0.1) is 0 Å². The van der Waals surface area contributed by atoms with Crippen molar-refractivity contribution in [1.82, 2.24) is 10.2 Å². The summed E-state index contributed by atoms with van der Waals surface area (Å²) in [6.45, 7) is 1.07. The summed E-state index contributed by atoms with van der Waals surface area (Å²) in [6, 6.07) is 14.9. The number of hydrogen-bond acceptors (Lipinski definition) is 1. The molecule has 2 nitrogen and oxygen atoms in total. The maximum Gasteiger partial charge on any atom is 0.168 e. The first-order valence-corrected chi connectivity index (χ1v) is 7.82. The summed E-state index contributed by atoms with van der Waals surface area (Å²) in [7, 11) is 1.82. The zero-order valence-electron chi connectivity index (χ0n) is 12.4. The van der Waals surface area contributed by atoms with E-state index in [1.165, 1.54) is 11.6 Å². The summed E-state index contributed by atoms with van der Waals surface area (Å²) in [5.74, 6) is -0.313. The molecule has 0 spiro atoms. The molecule has 0 heterocycles. The summed E-state index contributed by atoms with van der Waals surface area (Å²) in [5, 5.41) is 4.18. The van der Waals surface area contributed by atoms with Gasteiger partial charge in [0.15, 0.2) is 5.11 Å². The highest BCUT2D eigenvalue weighted by molar-refractivity contribution is 7.80. The smallest absolute Gasteiger partial charge is 0.168 e. The van der Waals surface area contributed by atoms with Crippen LogP contribution in [0.15, 0.2) is 48.5 Å². The van der Waals surface area contributed by atoms with E-state index in [9.17, 15) is 4.39 Å². The molecule has 0 amide bonds. The second-order valence-electron chi connectivity index (χ2n) is 5.02. The van der Waals surface area contributed by atoms with Crippen LogP contribution in [0.2, 0.25) is 5.02 Å². The van der Waals surface area contributed by atoms with Gasteiger partial charge in [-0.1, -0.05) is 48.0 Å². The third-order valence-corrected chi connectivity index (χ3v) is 4.15. The predicted octanol–water partition coefficient (Wildman–Crippen LogP) is 4.03. The molecule has 2 rings (SSSR count). The van der Waals surface area contributed by atoms with Crippen molar-refractivity contribution >= 4 is 28.9 Å². The molecule has 0 aliphatic heterocycles. The lowest BCUT2D eigenvalue weighted by molar-refractivity contribution is 0.471. The number of halogens is 2. The van der Waals surface area contributed by atoms with Crippen molar-refractivity contribution in [1.29, 1.82) is 0 Å². The Bertz CT molecular complexity index is 614. The molecule has 0 aromatic heterocycles. The molecule has 0 saturated heterocycles. The minimum atomic E-state index is -0.313. The van der Waals surface area contributed by atoms with Gasteiger partial charge >= 0.3 is 0 Å². The minimum Gasteiger partial charge on any atom is -0.362 e. The first-order chi connectivity index (χ1) is 10.6. The molecule has 116 valence electrons. The van der Waals surface area contributed by atoms with Gasteiger partial charge in [-0.25, -0.2) is 4.39 Å². The molecule has 0 fully saturated rings. The maximum atomic E-state index is 13.8. The van der Waals surface area contributed by atoms with Crippen molar-refractivity contribution in [3.05, 3.63) is 70.5 Å². The molecule has 0 aliphatic rings. The maximum absolute atomic E-state index is 13.8. The van der Waals surface area contributed by atoms with Crippen LogP contribution in [-0.4, -0.2) is 23.6 Å². The molecule has 5 heteroatoms. The lowest BCUT2D eigenvalue weighted by Crippen LogP contribution is -2.37. The Hall–Kier alpha value is -1.65. The van der Waals surface area contributed by atoms with Crippen molar-refractivity contribution in [3.63, 3.8) is 0 Å². The fourth-order valence-electron chi connectivity index (χ4n) is 2.09. The van der Waals surface area contributed by atoms with Crippen LogP contribution in [0, 0.1) is 5.82 Å². The van der Waals surface area contributed by atoms with Crippen molar-refractivity contribution in [2.45, 2.75) is 13.0 Å². The highest BCUT2D eigenvalue weighted by atomic mass is 35.5. The first kappa shape index (κ1) is 16.7. The van der Waals surface area contributed by atoms with Crippen molar-refractivity contribution in [2.75, 3.05) is 13.6 Å². The summed E-state index contributed by atoms with van der Waals surface area (Å²) in [5.41, 5.74) is 1.71. The SMILES string of the molecule is CN(Cc1c(F)cccc1Cl)C(=S)NCCc1ccccc1. The van der Waals surface area contributed by atoms with Gasteiger partial charge in [0.25, 0.3) is 0 Å². The van der Waals surface area contributed by atoms with E-state index in [4.69, 9.17) is 23.8 Å². The Morgan fingerprint density at radius 2 is 1.91 bits per heavy atom. The fraction of sp³-hybridized carbons (Fsp3) is 0.235. The van der Waals surface area contributed by atoms with Crippen LogP contribution in [0.4, 0.5) is 4.39 Å². The van der Waals surface area contributed by atoms with E-state index in [1.807, 2.05) is 25.2 Å². The zero-order valence-corrected chi connectivity index (χ0v) is 13.9. The Balaban J connectivity index is 1.85. The third kappa shape index (κ3) is 4.68. The van der Waals surface area contributed by atoms with Crippen LogP contribution >= 0.6 is 23.8 Å². The van der Waals surface area contributed by atoms with Gasteiger partial charge in [0.05, 0.1) is 0 Å². The molecule has 2 aromatic carbocycles.